The van der Waals surface area contributed by atoms with E-state index in [0.29, 0.717) is 4.83 Å². The van der Waals surface area contributed by atoms with Gasteiger partial charge < -0.3 is 10.2 Å². The largest absolute Gasteiger partial charge is 0.393 e. The van der Waals surface area contributed by atoms with E-state index in [4.69, 9.17) is 0 Å². The Kier molecular flexibility index (Phi) is 5.97. The van der Waals surface area contributed by atoms with E-state index in [1.165, 1.54) is 18.8 Å². The number of carbonyl (C=O) groups is 1. The summed E-state index contributed by atoms with van der Waals surface area (Å²) in [5.41, 5.74) is 2.27. The Morgan fingerprint density at radius 1 is 1.15 bits per heavy atom. The Bertz CT molecular complexity index is 1180. The Balaban J connectivity index is 1.17. The lowest BCUT2D eigenvalue weighted by Crippen LogP contribution is -2.60. The van der Waals surface area contributed by atoms with E-state index in [1.54, 1.807) is 6.07 Å². The van der Waals surface area contributed by atoms with Crippen molar-refractivity contribution in [3.05, 3.63) is 47.1 Å². The number of fused-ring (bicyclic) bond motifs is 1. The van der Waals surface area contributed by atoms with Crippen LogP contribution < -0.4 is 10.2 Å². The van der Waals surface area contributed by atoms with E-state index >= 15 is 0 Å². The van der Waals surface area contributed by atoms with Crippen molar-refractivity contribution >= 4 is 39.0 Å². The predicted octanol–water partition coefficient (Wildman–Crippen LogP) is 4.86. The fraction of sp³-hybridized carbons (Fsp3) is 0.458. The van der Waals surface area contributed by atoms with Gasteiger partial charge in [0.15, 0.2) is 0 Å². The average Bonchev–Trinajstić information content (AvgIpc) is 3.14. The lowest BCUT2D eigenvalue weighted by molar-refractivity contribution is -0.126. The first kappa shape index (κ1) is 23.0. The third-order valence-corrected chi connectivity index (χ3v) is 7.73. The number of benzene rings is 1. The normalized spacial score (nSPS) is 18.3. The minimum atomic E-state index is -4.23. The zero-order chi connectivity index (χ0) is 23.9. The van der Waals surface area contributed by atoms with Gasteiger partial charge in [0.25, 0.3) is 0 Å². The molecule has 3 aromatic rings. The first-order valence-corrected chi connectivity index (χ1v) is 12.1. The summed E-state index contributed by atoms with van der Waals surface area (Å²) in [6, 6.07) is 9.57. The molecule has 2 aliphatic rings. The molecule has 1 N–H and O–H groups in total. The number of nitrogens with zero attached hydrogens (tertiary/aromatic N) is 4. The van der Waals surface area contributed by atoms with Gasteiger partial charge in [-0.2, -0.15) is 13.2 Å². The van der Waals surface area contributed by atoms with Gasteiger partial charge in [0.2, 0.25) is 5.91 Å². The van der Waals surface area contributed by atoms with Crippen LogP contribution in [0.2, 0.25) is 0 Å². The molecular weight excluding hydrogens is 463 g/mol. The number of nitrogens with one attached hydrogen (secondary N) is 1. The molecule has 0 aliphatic carbocycles. The quantitative estimate of drug-likeness (QED) is 0.555. The molecule has 34 heavy (non-hydrogen) atoms. The number of piperidine rings is 1. The monoisotopic (exact) mass is 489 g/mol. The van der Waals surface area contributed by atoms with Gasteiger partial charge in [0, 0.05) is 42.5 Å². The van der Waals surface area contributed by atoms with Gasteiger partial charge in [-0.05, 0) is 49.7 Å². The molecule has 0 radical (unpaired) electrons. The topological polar surface area (TPSA) is 61.4 Å². The molecule has 1 spiro atoms. The molecule has 0 unspecified atom stereocenters. The fourth-order valence-electron chi connectivity index (χ4n) is 5.00. The summed E-state index contributed by atoms with van der Waals surface area (Å²) in [6.07, 6.45) is -1.52. The Labute approximate surface area is 199 Å². The van der Waals surface area contributed by atoms with Crippen molar-refractivity contribution < 1.29 is 18.0 Å². The number of carbonyl (C=O) groups excluding carboxylic acids is 1. The molecule has 0 bridgehead atoms. The molecule has 180 valence electrons. The summed E-state index contributed by atoms with van der Waals surface area (Å²) in [6.45, 7) is 6.15. The summed E-state index contributed by atoms with van der Waals surface area (Å²) < 4.78 is 38.5. The van der Waals surface area contributed by atoms with Crippen LogP contribution in [0, 0.1) is 5.41 Å². The van der Waals surface area contributed by atoms with E-state index in [0.717, 1.165) is 73.8 Å². The van der Waals surface area contributed by atoms with E-state index in [9.17, 15) is 18.0 Å². The second-order valence-corrected chi connectivity index (χ2v) is 10.5. The van der Waals surface area contributed by atoms with Gasteiger partial charge in [0.05, 0.1) is 11.8 Å². The van der Waals surface area contributed by atoms with Crippen LogP contribution in [0.1, 0.15) is 30.2 Å². The molecule has 1 aromatic carbocycles. The number of likely N-dealkylation sites (tertiary alicyclic amines) is 1. The van der Waals surface area contributed by atoms with Crippen LogP contribution in [-0.4, -0.2) is 53.1 Å². The number of rotatable bonds is 5. The van der Waals surface area contributed by atoms with Crippen LogP contribution in [-0.2, 0) is 17.8 Å². The van der Waals surface area contributed by atoms with Crippen LogP contribution in [0.25, 0.3) is 10.2 Å². The number of aromatic nitrogens is 2. The van der Waals surface area contributed by atoms with Gasteiger partial charge in [-0.1, -0.05) is 12.1 Å². The van der Waals surface area contributed by atoms with E-state index in [-0.39, 0.29) is 16.2 Å². The number of hydrogen-bond acceptors (Lipinski definition) is 6. The van der Waals surface area contributed by atoms with E-state index in [2.05, 4.69) is 37.2 Å². The maximum atomic E-state index is 12.8. The molecular formula is C24H26F3N5OS. The zero-order valence-corrected chi connectivity index (χ0v) is 19.7. The summed E-state index contributed by atoms with van der Waals surface area (Å²) in [5, 5.41) is 3.51. The van der Waals surface area contributed by atoms with Crippen LogP contribution in [0.5, 0.6) is 0 Å². The zero-order valence-electron chi connectivity index (χ0n) is 18.9. The SMILES string of the molecule is CC(=O)Nc1ccc(CN2CCC3(CC2)CN(c2ncnc4sc(CC(F)(F)F)cc24)C3)cc1. The van der Waals surface area contributed by atoms with E-state index in [1.807, 2.05) is 12.1 Å². The molecule has 2 aromatic heterocycles. The molecule has 2 fully saturated rings. The summed E-state index contributed by atoms with van der Waals surface area (Å²) in [4.78, 5) is 25.3. The third-order valence-electron chi connectivity index (χ3n) is 6.68. The molecule has 10 heteroatoms. The number of halogens is 3. The van der Waals surface area contributed by atoms with Crippen molar-refractivity contribution in [2.24, 2.45) is 5.41 Å². The molecule has 6 nitrogen and oxygen atoms in total. The standard InChI is InChI=1S/C24H26F3N5OS/c1-16(33)30-18-4-2-17(3-5-18)12-31-8-6-23(7-9-31)13-32(14-23)21-20-10-19(11-24(25,26)27)34-22(20)29-15-28-21/h2-5,10,15H,6-9,11-14H2,1H3,(H,30,33). The van der Waals surface area contributed by atoms with Crippen LogP contribution in [0.15, 0.2) is 36.7 Å². The summed E-state index contributed by atoms with van der Waals surface area (Å²) in [7, 11) is 0. The maximum Gasteiger partial charge on any atom is 0.393 e. The number of thiophene rings is 1. The molecule has 0 atom stereocenters. The highest BCUT2D eigenvalue weighted by Crippen LogP contribution is 2.44. The molecule has 2 saturated heterocycles. The van der Waals surface area contributed by atoms with Gasteiger partial charge in [-0.25, -0.2) is 9.97 Å². The first-order valence-electron chi connectivity index (χ1n) is 11.3. The van der Waals surface area contributed by atoms with Crippen LogP contribution in [0.3, 0.4) is 0 Å². The summed E-state index contributed by atoms with van der Waals surface area (Å²) >= 11 is 1.10. The third kappa shape index (κ3) is 5.02. The van der Waals surface area contributed by atoms with E-state index < -0.39 is 12.6 Å². The smallest absolute Gasteiger partial charge is 0.355 e. The second-order valence-electron chi connectivity index (χ2n) is 9.43. The number of anilines is 2. The predicted molar refractivity (Wildman–Crippen MR) is 127 cm³/mol. The Hall–Kier alpha value is -2.72. The lowest BCUT2D eigenvalue weighted by Gasteiger charge is -2.54. The van der Waals surface area contributed by atoms with Crippen LogP contribution >= 0.6 is 11.3 Å². The van der Waals surface area contributed by atoms with Crippen LogP contribution in [0.4, 0.5) is 24.7 Å². The highest BCUT2D eigenvalue weighted by molar-refractivity contribution is 7.18. The number of alkyl halides is 3. The van der Waals surface area contributed by atoms with Gasteiger partial charge in [-0.15, -0.1) is 11.3 Å². The fourth-order valence-corrected chi connectivity index (χ4v) is 6.02. The summed E-state index contributed by atoms with van der Waals surface area (Å²) in [5.74, 6) is 0.675. The number of amides is 1. The Morgan fingerprint density at radius 2 is 1.85 bits per heavy atom. The van der Waals surface area contributed by atoms with Crippen molar-refractivity contribution in [3.63, 3.8) is 0 Å². The minimum Gasteiger partial charge on any atom is -0.355 e. The molecule has 2 aliphatic heterocycles. The highest BCUT2D eigenvalue weighted by atomic mass is 32.1. The average molecular weight is 490 g/mol. The van der Waals surface area contributed by atoms with Crippen molar-refractivity contribution in [2.75, 3.05) is 36.4 Å². The minimum absolute atomic E-state index is 0.0768. The van der Waals surface area contributed by atoms with Crippen molar-refractivity contribution in [3.8, 4) is 0 Å². The number of hydrogen-bond donors (Lipinski definition) is 1. The highest BCUT2D eigenvalue weighted by Gasteiger charge is 2.45. The van der Waals surface area contributed by atoms with Crippen molar-refractivity contribution in [1.82, 2.24) is 14.9 Å². The Morgan fingerprint density at radius 3 is 2.50 bits per heavy atom. The molecule has 1 amide bonds. The van der Waals surface area contributed by atoms with Gasteiger partial charge >= 0.3 is 6.18 Å². The molecule has 4 heterocycles. The van der Waals surface area contributed by atoms with Crippen molar-refractivity contribution in [2.45, 2.75) is 38.9 Å². The van der Waals surface area contributed by atoms with Gasteiger partial charge in [-0.3, -0.25) is 9.69 Å². The van der Waals surface area contributed by atoms with Gasteiger partial charge in [0.1, 0.15) is 17.0 Å². The molecule has 5 rings (SSSR count). The molecule has 0 saturated carbocycles. The second kappa shape index (κ2) is 8.81. The maximum absolute atomic E-state index is 12.8. The lowest BCUT2D eigenvalue weighted by atomic mass is 9.72. The van der Waals surface area contributed by atoms with Crippen molar-refractivity contribution in [1.29, 1.82) is 0 Å². The first-order chi connectivity index (χ1) is 16.2.